The van der Waals surface area contributed by atoms with Crippen molar-refractivity contribution in [1.82, 2.24) is 0 Å². The third-order valence-electron chi connectivity index (χ3n) is 2.69. The van der Waals surface area contributed by atoms with Crippen molar-refractivity contribution in [3.8, 4) is 0 Å². The van der Waals surface area contributed by atoms with Gasteiger partial charge < -0.3 is 15.2 Å². The second-order valence-electron chi connectivity index (χ2n) is 3.75. The molecule has 78 valence electrons. The molecule has 3 heteroatoms. The normalized spacial score (nSPS) is 19.4. The molecular weight excluding hydrogens is 166 g/mol. The van der Waals surface area contributed by atoms with Crippen LogP contribution in [0.3, 0.4) is 0 Å². The van der Waals surface area contributed by atoms with Gasteiger partial charge in [0.05, 0.1) is 0 Å². The number of ether oxygens (including phenoxy) is 2. The summed E-state index contributed by atoms with van der Waals surface area (Å²) in [5.74, 6) is 0. The second kappa shape index (κ2) is 4.94. The van der Waals surface area contributed by atoms with Crippen LogP contribution in [-0.4, -0.2) is 26.0 Å². The van der Waals surface area contributed by atoms with Crippen molar-refractivity contribution in [3.05, 3.63) is 0 Å². The topological polar surface area (TPSA) is 44.5 Å². The Labute approximate surface area is 80.6 Å². The van der Waals surface area contributed by atoms with Gasteiger partial charge in [0.25, 0.3) is 0 Å². The number of hydrogen-bond donors (Lipinski definition) is 1. The minimum Gasteiger partial charge on any atom is -0.353 e. The Bertz CT molecular complexity index is 140. The van der Waals surface area contributed by atoms with Crippen LogP contribution in [0.4, 0.5) is 0 Å². The van der Waals surface area contributed by atoms with Crippen LogP contribution in [0.5, 0.6) is 0 Å². The first-order valence-electron chi connectivity index (χ1n) is 5.19. The van der Waals surface area contributed by atoms with Gasteiger partial charge in [0.1, 0.15) is 0 Å². The summed E-state index contributed by atoms with van der Waals surface area (Å²) in [7, 11) is 0. The number of hydrogen-bond acceptors (Lipinski definition) is 3. The van der Waals surface area contributed by atoms with E-state index in [-0.39, 0.29) is 6.29 Å². The van der Waals surface area contributed by atoms with Crippen LogP contribution in [0.25, 0.3) is 0 Å². The second-order valence-corrected chi connectivity index (χ2v) is 3.75. The van der Waals surface area contributed by atoms with Gasteiger partial charge in [0, 0.05) is 19.6 Å². The Morgan fingerprint density at radius 2 is 1.77 bits per heavy atom. The molecule has 1 saturated carbocycles. The molecule has 0 aromatic heterocycles. The van der Waals surface area contributed by atoms with Crippen LogP contribution in [-0.2, 0) is 9.47 Å². The minimum absolute atomic E-state index is 0.0407. The zero-order valence-corrected chi connectivity index (χ0v) is 8.71. The lowest BCUT2D eigenvalue weighted by Gasteiger charge is -2.21. The van der Waals surface area contributed by atoms with Gasteiger partial charge in [-0.05, 0) is 38.6 Å². The summed E-state index contributed by atoms with van der Waals surface area (Å²) in [6.45, 7) is 6.18. The van der Waals surface area contributed by atoms with Gasteiger partial charge in [-0.2, -0.15) is 0 Å². The summed E-state index contributed by atoms with van der Waals surface area (Å²) in [5.41, 5.74) is 6.04. The predicted molar refractivity (Wildman–Crippen MR) is 52.4 cm³/mol. The molecule has 0 amide bonds. The number of rotatable bonds is 7. The Morgan fingerprint density at radius 3 is 2.08 bits per heavy atom. The molecule has 0 bridgehead atoms. The maximum atomic E-state index is 5.70. The van der Waals surface area contributed by atoms with Crippen LogP contribution < -0.4 is 5.73 Å². The van der Waals surface area contributed by atoms with Crippen LogP contribution >= 0.6 is 0 Å². The maximum Gasteiger partial charge on any atom is 0.158 e. The smallest absolute Gasteiger partial charge is 0.158 e. The van der Waals surface area contributed by atoms with E-state index in [0.29, 0.717) is 18.6 Å². The molecule has 0 aromatic rings. The van der Waals surface area contributed by atoms with Gasteiger partial charge in [-0.1, -0.05) is 0 Å². The Balaban J connectivity index is 2.28. The van der Waals surface area contributed by atoms with E-state index in [2.05, 4.69) is 0 Å². The zero-order chi connectivity index (χ0) is 9.73. The van der Waals surface area contributed by atoms with Gasteiger partial charge in [0.15, 0.2) is 6.29 Å². The summed E-state index contributed by atoms with van der Waals surface area (Å²) in [6, 6.07) is 0. The highest BCUT2D eigenvalue weighted by atomic mass is 16.7. The van der Waals surface area contributed by atoms with Gasteiger partial charge >= 0.3 is 0 Å². The first kappa shape index (κ1) is 11.0. The molecule has 1 aliphatic carbocycles. The zero-order valence-electron chi connectivity index (χ0n) is 8.71. The summed E-state index contributed by atoms with van der Waals surface area (Å²) < 4.78 is 11.0. The predicted octanol–water partition coefficient (Wildman–Crippen LogP) is 1.51. The van der Waals surface area contributed by atoms with Gasteiger partial charge in [0.2, 0.25) is 0 Å². The summed E-state index contributed by atoms with van der Waals surface area (Å²) in [6.07, 6.45) is 3.40. The molecule has 0 aliphatic heterocycles. The van der Waals surface area contributed by atoms with Crippen LogP contribution in [0.2, 0.25) is 0 Å². The quantitative estimate of drug-likeness (QED) is 0.614. The molecule has 0 unspecified atom stereocenters. The highest BCUT2D eigenvalue weighted by Gasteiger charge is 2.43. The summed E-state index contributed by atoms with van der Waals surface area (Å²) in [5, 5.41) is 0. The molecule has 2 N–H and O–H groups in total. The van der Waals surface area contributed by atoms with Gasteiger partial charge in [-0.15, -0.1) is 0 Å². The van der Waals surface area contributed by atoms with Crippen molar-refractivity contribution in [2.24, 2.45) is 11.1 Å². The molecular formula is C10H21NO2. The SMILES string of the molecule is CCOC(CC1(CN)CC1)OCC. The standard InChI is InChI=1S/C10H21NO2/c1-3-12-9(13-4-2)7-10(8-11)5-6-10/h9H,3-8,11H2,1-2H3. The highest BCUT2D eigenvalue weighted by molar-refractivity contribution is 4.94. The molecule has 0 atom stereocenters. The van der Waals surface area contributed by atoms with E-state index in [1.165, 1.54) is 12.8 Å². The fraction of sp³-hybridized carbons (Fsp3) is 1.00. The van der Waals surface area contributed by atoms with E-state index in [9.17, 15) is 0 Å². The Kier molecular flexibility index (Phi) is 4.16. The van der Waals surface area contributed by atoms with Gasteiger partial charge in [-0.25, -0.2) is 0 Å². The number of nitrogens with two attached hydrogens (primary N) is 1. The van der Waals surface area contributed by atoms with E-state index in [1.54, 1.807) is 0 Å². The lowest BCUT2D eigenvalue weighted by Crippen LogP contribution is -2.26. The molecule has 13 heavy (non-hydrogen) atoms. The molecule has 0 heterocycles. The van der Waals surface area contributed by atoms with E-state index in [0.717, 1.165) is 13.0 Å². The lowest BCUT2D eigenvalue weighted by atomic mass is 10.0. The Morgan fingerprint density at radius 1 is 1.23 bits per heavy atom. The van der Waals surface area contributed by atoms with Crippen molar-refractivity contribution in [3.63, 3.8) is 0 Å². The van der Waals surface area contributed by atoms with E-state index in [4.69, 9.17) is 15.2 Å². The average molecular weight is 187 g/mol. The first-order valence-corrected chi connectivity index (χ1v) is 5.19. The van der Waals surface area contributed by atoms with E-state index < -0.39 is 0 Å². The van der Waals surface area contributed by atoms with Crippen molar-refractivity contribution in [2.45, 2.75) is 39.4 Å². The van der Waals surface area contributed by atoms with Crippen molar-refractivity contribution < 1.29 is 9.47 Å². The fourth-order valence-electron chi connectivity index (χ4n) is 1.56. The Hall–Kier alpha value is -0.120. The highest BCUT2D eigenvalue weighted by Crippen LogP contribution is 2.48. The monoisotopic (exact) mass is 187 g/mol. The van der Waals surface area contributed by atoms with Crippen LogP contribution in [0, 0.1) is 5.41 Å². The van der Waals surface area contributed by atoms with E-state index in [1.807, 2.05) is 13.8 Å². The van der Waals surface area contributed by atoms with Crippen molar-refractivity contribution >= 4 is 0 Å². The molecule has 3 nitrogen and oxygen atoms in total. The third-order valence-corrected chi connectivity index (χ3v) is 2.69. The first-order chi connectivity index (χ1) is 6.26. The molecule has 0 aromatic carbocycles. The van der Waals surface area contributed by atoms with Crippen molar-refractivity contribution in [2.75, 3.05) is 19.8 Å². The van der Waals surface area contributed by atoms with Gasteiger partial charge in [-0.3, -0.25) is 0 Å². The minimum atomic E-state index is -0.0407. The fourth-order valence-corrected chi connectivity index (χ4v) is 1.56. The molecule has 1 aliphatic rings. The van der Waals surface area contributed by atoms with E-state index >= 15 is 0 Å². The molecule has 0 radical (unpaired) electrons. The maximum absolute atomic E-state index is 5.70. The third kappa shape index (κ3) is 3.25. The summed E-state index contributed by atoms with van der Waals surface area (Å²) >= 11 is 0. The largest absolute Gasteiger partial charge is 0.353 e. The lowest BCUT2D eigenvalue weighted by molar-refractivity contribution is -0.147. The summed E-state index contributed by atoms with van der Waals surface area (Å²) in [4.78, 5) is 0. The van der Waals surface area contributed by atoms with Crippen molar-refractivity contribution in [1.29, 1.82) is 0 Å². The molecule has 0 saturated heterocycles. The molecule has 1 rings (SSSR count). The van der Waals surface area contributed by atoms with Crippen LogP contribution in [0.15, 0.2) is 0 Å². The molecule has 0 spiro atoms. The van der Waals surface area contributed by atoms with Crippen LogP contribution in [0.1, 0.15) is 33.1 Å². The molecule has 1 fully saturated rings. The average Bonchev–Trinajstić information content (AvgIpc) is 2.87.